The summed E-state index contributed by atoms with van der Waals surface area (Å²) in [6, 6.07) is -0.952. The zero-order valence-electron chi connectivity index (χ0n) is 13.9. The van der Waals surface area contributed by atoms with Crippen molar-refractivity contribution in [2.75, 3.05) is 20.8 Å². The van der Waals surface area contributed by atoms with E-state index in [2.05, 4.69) is 5.32 Å². The summed E-state index contributed by atoms with van der Waals surface area (Å²) in [6.07, 6.45) is 4.40. The van der Waals surface area contributed by atoms with Gasteiger partial charge in [-0.05, 0) is 25.2 Å². The van der Waals surface area contributed by atoms with Gasteiger partial charge in [-0.2, -0.15) is 4.39 Å². The fourth-order valence-corrected chi connectivity index (χ4v) is 2.33. The molecule has 0 aromatic carbocycles. The molecule has 25 heavy (non-hydrogen) atoms. The first kappa shape index (κ1) is 18.8. The Bertz CT molecular complexity index is 827. The average molecular weight is 355 g/mol. The van der Waals surface area contributed by atoms with E-state index in [0.717, 1.165) is 0 Å². The second-order valence-corrected chi connectivity index (χ2v) is 5.01. The highest BCUT2D eigenvalue weighted by Gasteiger charge is 2.39. The van der Waals surface area contributed by atoms with Crippen molar-refractivity contribution in [3.63, 3.8) is 0 Å². The Labute approximate surface area is 141 Å². The molecule has 1 heterocycles. The van der Waals surface area contributed by atoms with Gasteiger partial charge in [0.1, 0.15) is 6.10 Å². The van der Waals surface area contributed by atoms with Gasteiger partial charge in [-0.25, -0.2) is 14.2 Å². The second-order valence-electron chi connectivity index (χ2n) is 5.01. The molecule has 9 nitrogen and oxygen atoms in total. The summed E-state index contributed by atoms with van der Waals surface area (Å²) in [5.41, 5.74) is -1.98. The molecular formula is C15H18FN3O6. The number of nitrogens with zero attached hydrogens (tertiary/aromatic N) is 1. The van der Waals surface area contributed by atoms with Gasteiger partial charge in [0.2, 0.25) is 11.6 Å². The van der Waals surface area contributed by atoms with Crippen molar-refractivity contribution in [1.29, 1.82) is 0 Å². The molecule has 0 fully saturated rings. The van der Waals surface area contributed by atoms with E-state index in [-0.39, 0.29) is 5.70 Å². The van der Waals surface area contributed by atoms with Crippen LogP contribution in [0.15, 0.2) is 39.7 Å². The molecule has 1 aromatic rings. The topological polar surface area (TPSA) is 112 Å². The second kappa shape index (κ2) is 7.55. The lowest BCUT2D eigenvalue weighted by molar-refractivity contribution is -0.232. The van der Waals surface area contributed by atoms with Crippen molar-refractivity contribution < 1.29 is 23.4 Å². The maximum Gasteiger partial charge on any atom is 0.336 e. The van der Waals surface area contributed by atoms with Crippen LogP contribution in [-0.4, -0.2) is 48.3 Å². The van der Waals surface area contributed by atoms with Crippen molar-refractivity contribution >= 4 is 6.03 Å². The summed E-state index contributed by atoms with van der Waals surface area (Å²) in [5, 5.41) is 2.41. The number of amides is 1. The Hall–Kier alpha value is -2.56. The fraction of sp³-hybridized carbons (Fsp3) is 0.400. The number of methoxy groups -OCH3 is 2. The number of ether oxygens (including phenoxy) is 3. The van der Waals surface area contributed by atoms with Crippen molar-refractivity contribution in [2.24, 2.45) is 0 Å². The van der Waals surface area contributed by atoms with Crippen molar-refractivity contribution in [1.82, 2.24) is 14.9 Å². The van der Waals surface area contributed by atoms with Crippen LogP contribution in [0.25, 0.3) is 0 Å². The molecular weight excluding hydrogens is 337 g/mol. The van der Waals surface area contributed by atoms with Crippen LogP contribution >= 0.6 is 0 Å². The number of hydrogen-bond acceptors (Lipinski definition) is 6. The highest BCUT2D eigenvalue weighted by atomic mass is 19.1. The Morgan fingerprint density at radius 2 is 2.16 bits per heavy atom. The lowest BCUT2D eigenvalue weighted by atomic mass is 10.0. The van der Waals surface area contributed by atoms with Gasteiger partial charge in [-0.3, -0.25) is 9.78 Å². The van der Waals surface area contributed by atoms with Gasteiger partial charge in [0.05, 0.1) is 6.20 Å². The van der Waals surface area contributed by atoms with Crippen molar-refractivity contribution in [2.45, 2.75) is 18.8 Å². The number of carbonyl (C=O) groups is 1. The number of nitrogens with one attached hydrogen (secondary N) is 2. The van der Waals surface area contributed by atoms with Crippen molar-refractivity contribution in [3.05, 3.63) is 56.8 Å². The number of halogens is 1. The van der Waals surface area contributed by atoms with E-state index in [1.54, 1.807) is 18.0 Å². The van der Waals surface area contributed by atoms with E-state index in [9.17, 15) is 18.8 Å². The summed E-state index contributed by atoms with van der Waals surface area (Å²) in [6.45, 7) is 2.15. The maximum atomic E-state index is 13.3. The molecule has 136 valence electrons. The highest BCUT2D eigenvalue weighted by Crippen LogP contribution is 2.27. The van der Waals surface area contributed by atoms with E-state index in [4.69, 9.17) is 14.2 Å². The van der Waals surface area contributed by atoms with Gasteiger partial charge in [0.15, 0.2) is 0 Å². The molecule has 1 aromatic heterocycles. The predicted octanol–water partition coefficient (Wildman–Crippen LogP) is 0.0813. The quantitative estimate of drug-likeness (QED) is 0.724. The van der Waals surface area contributed by atoms with Gasteiger partial charge in [0, 0.05) is 26.5 Å². The Morgan fingerprint density at radius 3 is 2.76 bits per heavy atom. The van der Waals surface area contributed by atoms with Gasteiger partial charge >= 0.3 is 11.7 Å². The zero-order valence-corrected chi connectivity index (χ0v) is 13.9. The summed E-state index contributed by atoms with van der Waals surface area (Å²) in [4.78, 5) is 36.5. The molecule has 0 aliphatic heterocycles. The summed E-state index contributed by atoms with van der Waals surface area (Å²) in [5.74, 6) is -2.41. The fourth-order valence-electron chi connectivity index (χ4n) is 2.33. The first-order valence-corrected chi connectivity index (χ1v) is 7.32. The van der Waals surface area contributed by atoms with Crippen LogP contribution < -0.4 is 16.6 Å². The third-order valence-electron chi connectivity index (χ3n) is 3.53. The number of aromatic nitrogens is 2. The van der Waals surface area contributed by atoms with Gasteiger partial charge < -0.3 is 19.5 Å². The number of allylic oxidation sites excluding steroid dienone is 1. The standard InChI is InChI=1S/C15H18FN3O6/c1-4-25-15(24-3)6-5-9(7-11(15)23-2)17-13(21)19-8-10(16)12(20)18-14(19)22/h5-8,11H,4H2,1-3H3,(H,17,21)(H,18,20,22). The first-order chi connectivity index (χ1) is 11.9. The van der Waals surface area contributed by atoms with E-state index >= 15 is 0 Å². The Morgan fingerprint density at radius 1 is 1.44 bits per heavy atom. The Kier molecular flexibility index (Phi) is 5.67. The SMILES string of the molecule is CCOC1(OC)C=CC(NC(=O)n2cc(F)c(=O)[nH]c2=O)=CC1OC. The van der Waals surface area contributed by atoms with Crippen LogP contribution in [0.2, 0.25) is 0 Å². The van der Waals surface area contributed by atoms with Gasteiger partial charge in [-0.1, -0.05) is 0 Å². The average Bonchev–Trinajstić information content (AvgIpc) is 2.59. The molecule has 0 radical (unpaired) electrons. The number of rotatable bonds is 5. The smallest absolute Gasteiger partial charge is 0.336 e. The summed E-state index contributed by atoms with van der Waals surface area (Å²) < 4.78 is 30.0. The lowest BCUT2D eigenvalue weighted by Crippen LogP contribution is -2.48. The first-order valence-electron chi connectivity index (χ1n) is 7.32. The molecule has 0 saturated carbocycles. The minimum absolute atomic E-state index is 0.280. The van der Waals surface area contributed by atoms with E-state index in [1.807, 2.05) is 0 Å². The van der Waals surface area contributed by atoms with Crippen LogP contribution in [0.4, 0.5) is 9.18 Å². The van der Waals surface area contributed by atoms with E-state index < -0.39 is 35.0 Å². The van der Waals surface area contributed by atoms with Crippen LogP contribution in [0, 0.1) is 5.82 Å². The van der Waals surface area contributed by atoms with Gasteiger partial charge in [-0.15, -0.1) is 0 Å². The Balaban J connectivity index is 2.25. The van der Waals surface area contributed by atoms with Crippen LogP contribution in [0.5, 0.6) is 0 Å². The molecule has 1 aliphatic carbocycles. The number of aromatic amines is 1. The van der Waals surface area contributed by atoms with E-state index in [1.165, 1.54) is 26.4 Å². The maximum absolute atomic E-state index is 13.3. The summed E-state index contributed by atoms with van der Waals surface area (Å²) >= 11 is 0. The normalized spacial score (nSPS) is 22.6. The number of carbonyl (C=O) groups excluding carboxylic acids is 1. The van der Waals surface area contributed by atoms with Crippen molar-refractivity contribution in [3.8, 4) is 0 Å². The third kappa shape index (κ3) is 3.76. The minimum Gasteiger partial charge on any atom is -0.371 e. The molecule has 1 amide bonds. The van der Waals surface area contributed by atoms with Crippen LogP contribution in [-0.2, 0) is 14.2 Å². The van der Waals surface area contributed by atoms with Crippen LogP contribution in [0.3, 0.4) is 0 Å². The third-order valence-corrected chi connectivity index (χ3v) is 3.53. The molecule has 2 atom stereocenters. The molecule has 0 spiro atoms. The van der Waals surface area contributed by atoms with Gasteiger partial charge in [0.25, 0.3) is 5.56 Å². The molecule has 0 saturated heterocycles. The molecule has 1 aliphatic rings. The molecule has 10 heteroatoms. The summed E-state index contributed by atoms with van der Waals surface area (Å²) in [7, 11) is 2.89. The predicted molar refractivity (Wildman–Crippen MR) is 84.6 cm³/mol. The van der Waals surface area contributed by atoms with E-state index in [0.29, 0.717) is 17.4 Å². The van der Waals surface area contributed by atoms with Crippen LogP contribution in [0.1, 0.15) is 6.92 Å². The number of hydrogen-bond donors (Lipinski definition) is 2. The highest BCUT2D eigenvalue weighted by molar-refractivity contribution is 5.78. The monoisotopic (exact) mass is 355 g/mol. The molecule has 2 N–H and O–H groups in total. The molecule has 2 rings (SSSR count). The zero-order chi connectivity index (χ0) is 18.6. The number of H-pyrrole nitrogens is 1. The lowest BCUT2D eigenvalue weighted by Gasteiger charge is -2.36. The largest absolute Gasteiger partial charge is 0.371 e. The molecule has 2 unspecified atom stereocenters. The minimum atomic E-state index is -1.26. The molecule has 0 bridgehead atoms.